The lowest BCUT2D eigenvalue weighted by Crippen LogP contribution is -2.27. The highest BCUT2D eigenvalue weighted by Crippen LogP contribution is 2.32. The molecule has 0 bridgehead atoms. The van der Waals surface area contributed by atoms with E-state index in [2.05, 4.69) is 24.4 Å². The van der Waals surface area contributed by atoms with E-state index in [4.69, 9.17) is 14.2 Å². The summed E-state index contributed by atoms with van der Waals surface area (Å²) in [6, 6.07) is 6.52. The zero-order valence-corrected chi connectivity index (χ0v) is 12.8. The Morgan fingerprint density at radius 3 is 2.81 bits per heavy atom. The summed E-state index contributed by atoms with van der Waals surface area (Å²) >= 11 is 0. The summed E-state index contributed by atoms with van der Waals surface area (Å²) in [7, 11) is 0. The van der Waals surface area contributed by atoms with Crippen LogP contribution in [0.25, 0.3) is 0 Å². The van der Waals surface area contributed by atoms with Gasteiger partial charge in [0.25, 0.3) is 0 Å². The minimum absolute atomic E-state index is 0.310. The van der Waals surface area contributed by atoms with Gasteiger partial charge in [0.15, 0.2) is 11.5 Å². The van der Waals surface area contributed by atoms with Gasteiger partial charge in [0.05, 0.1) is 6.10 Å². The Morgan fingerprint density at radius 2 is 2.00 bits per heavy atom. The Morgan fingerprint density at radius 1 is 1.14 bits per heavy atom. The number of nitrogens with one attached hydrogen (secondary N) is 1. The first kappa shape index (κ1) is 14.7. The molecular weight excluding hydrogens is 266 g/mol. The van der Waals surface area contributed by atoms with Gasteiger partial charge in [-0.25, -0.2) is 0 Å². The molecule has 21 heavy (non-hydrogen) atoms. The number of benzene rings is 1. The van der Waals surface area contributed by atoms with Crippen LogP contribution in [0.3, 0.4) is 0 Å². The van der Waals surface area contributed by atoms with E-state index >= 15 is 0 Å². The molecule has 1 saturated heterocycles. The van der Waals surface area contributed by atoms with E-state index in [0.717, 1.165) is 31.1 Å². The van der Waals surface area contributed by atoms with Crippen molar-refractivity contribution in [1.29, 1.82) is 0 Å². The maximum absolute atomic E-state index is 5.76. The van der Waals surface area contributed by atoms with Crippen LogP contribution in [0.15, 0.2) is 18.2 Å². The van der Waals surface area contributed by atoms with Gasteiger partial charge in [-0.15, -0.1) is 0 Å². The van der Waals surface area contributed by atoms with E-state index in [1.165, 1.54) is 24.8 Å². The molecule has 1 aromatic carbocycles. The van der Waals surface area contributed by atoms with Crippen molar-refractivity contribution in [2.24, 2.45) is 0 Å². The molecule has 0 radical (unpaired) electrons. The summed E-state index contributed by atoms with van der Waals surface area (Å²) in [5.41, 5.74) is 1.24. The smallest absolute Gasteiger partial charge is 0.161 e. The third-order valence-electron chi connectivity index (χ3n) is 4.26. The summed E-state index contributed by atoms with van der Waals surface area (Å²) in [5.74, 6) is 1.72. The van der Waals surface area contributed by atoms with Crippen LogP contribution in [-0.4, -0.2) is 32.5 Å². The fraction of sp³-hybridized carbons (Fsp3) is 0.647. The van der Waals surface area contributed by atoms with Crippen LogP contribution in [0.5, 0.6) is 11.5 Å². The molecule has 1 N–H and O–H groups in total. The maximum Gasteiger partial charge on any atom is 0.161 e. The average molecular weight is 291 g/mol. The predicted molar refractivity (Wildman–Crippen MR) is 82.1 cm³/mol. The molecule has 0 spiro atoms. The van der Waals surface area contributed by atoms with Crippen molar-refractivity contribution in [3.05, 3.63) is 23.8 Å². The first-order valence-electron chi connectivity index (χ1n) is 8.07. The maximum atomic E-state index is 5.76. The Kier molecular flexibility index (Phi) is 4.99. The standard InChI is InChI=1S/C17H25NO3/c1-13(18-8-7-15-4-2-3-9-19-15)14-5-6-16-17(12-14)21-11-10-20-16/h5-6,12-13,15,18H,2-4,7-11H2,1H3. The van der Waals surface area contributed by atoms with Gasteiger partial charge >= 0.3 is 0 Å². The quantitative estimate of drug-likeness (QED) is 0.905. The van der Waals surface area contributed by atoms with E-state index in [9.17, 15) is 0 Å². The van der Waals surface area contributed by atoms with Gasteiger partial charge in [-0.3, -0.25) is 0 Å². The van der Waals surface area contributed by atoms with E-state index < -0.39 is 0 Å². The van der Waals surface area contributed by atoms with Gasteiger partial charge in [-0.1, -0.05) is 6.07 Å². The highest BCUT2D eigenvalue weighted by atomic mass is 16.6. The fourth-order valence-electron chi connectivity index (χ4n) is 2.94. The first-order chi connectivity index (χ1) is 10.3. The van der Waals surface area contributed by atoms with Gasteiger partial charge in [0.2, 0.25) is 0 Å². The zero-order valence-electron chi connectivity index (χ0n) is 12.8. The van der Waals surface area contributed by atoms with Crippen molar-refractivity contribution in [2.75, 3.05) is 26.4 Å². The topological polar surface area (TPSA) is 39.7 Å². The van der Waals surface area contributed by atoms with Crippen molar-refractivity contribution in [1.82, 2.24) is 5.32 Å². The summed E-state index contributed by atoms with van der Waals surface area (Å²) < 4.78 is 17.0. The number of hydrogen-bond acceptors (Lipinski definition) is 4. The Hall–Kier alpha value is -1.26. The molecule has 2 unspecified atom stereocenters. The van der Waals surface area contributed by atoms with Gasteiger partial charge in [0.1, 0.15) is 13.2 Å². The molecule has 4 heteroatoms. The van der Waals surface area contributed by atoms with Gasteiger partial charge in [-0.2, -0.15) is 0 Å². The molecular formula is C17H25NO3. The van der Waals surface area contributed by atoms with E-state index in [1.54, 1.807) is 0 Å². The van der Waals surface area contributed by atoms with Crippen LogP contribution in [0.1, 0.15) is 44.2 Å². The third-order valence-corrected chi connectivity index (χ3v) is 4.26. The number of ether oxygens (including phenoxy) is 3. The molecule has 4 nitrogen and oxygen atoms in total. The van der Waals surface area contributed by atoms with Crippen LogP contribution >= 0.6 is 0 Å². The number of rotatable bonds is 5. The van der Waals surface area contributed by atoms with Gasteiger partial charge < -0.3 is 19.5 Å². The summed E-state index contributed by atoms with van der Waals surface area (Å²) in [4.78, 5) is 0. The third kappa shape index (κ3) is 3.89. The minimum Gasteiger partial charge on any atom is -0.486 e. The molecule has 0 aromatic heterocycles. The van der Waals surface area contributed by atoms with E-state index in [-0.39, 0.29) is 0 Å². The number of fused-ring (bicyclic) bond motifs is 1. The van der Waals surface area contributed by atoms with Gasteiger partial charge in [0, 0.05) is 12.6 Å². The van der Waals surface area contributed by atoms with E-state index in [0.29, 0.717) is 25.4 Å². The lowest BCUT2D eigenvalue weighted by molar-refractivity contribution is 0.0112. The molecule has 0 amide bonds. The molecule has 116 valence electrons. The van der Waals surface area contributed by atoms with Crippen molar-refractivity contribution in [3.8, 4) is 11.5 Å². The second kappa shape index (κ2) is 7.14. The van der Waals surface area contributed by atoms with Crippen LogP contribution in [0.4, 0.5) is 0 Å². The van der Waals surface area contributed by atoms with Crippen LogP contribution in [0, 0.1) is 0 Å². The van der Waals surface area contributed by atoms with Crippen LogP contribution < -0.4 is 14.8 Å². The van der Waals surface area contributed by atoms with Gasteiger partial charge in [-0.05, 0) is 56.8 Å². The van der Waals surface area contributed by atoms with Crippen molar-refractivity contribution >= 4 is 0 Å². The highest BCUT2D eigenvalue weighted by Gasteiger charge is 2.16. The van der Waals surface area contributed by atoms with Crippen LogP contribution in [0.2, 0.25) is 0 Å². The summed E-state index contributed by atoms with van der Waals surface area (Å²) in [5, 5.41) is 3.58. The van der Waals surface area contributed by atoms with Crippen LogP contribution in [-0.2, 0) is 4.74 Å². The first-order valence-corrected chi connectivity index (χ1v) is 8.07. The van der Waals surface area contributed by atoms with Crippen molar-refractivity contribution < 1.29 is 14.2 Å². The fourth-order valence-corrected chi connectivity index (χ4v) is 2.94. The summed E-state index contributed by atoms with van der Waals surface area (Å²) in [6.07, 6.45) is 5.27. The molecule has 2 heterocycles. The second-order valence-corrected chi connectivity index (χ2v) is 5.86. The monoisotopic (exact) mass is 291 g/mol. The Balaban J connectivity index is 1.49. The normalized spacial score (nSPS) is 22.8. The Labute approximate surface area is 126 Å². The Bertz CT molecular complexity index is 457. The molecule has 1 aromatic rings. The van der Waals surface area contributed by atoms with Crippen molar-refractivity contribution in [2.45, 2.75) is 44.8 Å². The lowest BCUT2D eigenvalue weighted by atomic mass is 10.0. The minimum atomic E-state index is 0.310. The number of hydrogen-bond donors (Lipinski definition) is 1. The molecule has 2 atom stereocenters. The zero-order chi connectivity index (χ0) is 14.5. The molecule has 0 saturated carbocycles. The summed E-state index contributed by atoms with van der Waals surface area (Å²) in [6.45, 7) is 5.38. The SMILES string of the molecule is CC(NCCC1CCCCO1)c1ccc2c(c1)OCCO2. The molecule has 2 aliphatic heterocycles. The molecule has 3 rings (SSSR count). The predicted octanol–water partition coefficient (Wildman–Crippen LogP) is 3.07. The molecule has 2 aliphatic rings. The highest BCUT2D eigenvalue weighted by molar-refractivity contribution is 5.44. The lowest BCUT2D eigenvalue weighted by Gasteiger charge is -2.24. The average Bonchev–Trinajstić information content (AvgIpc) is 2.55. The molecule has 0 aliphatic carbocycles. The largest absolute Gasteiger partial charge is 0.486 e. The van der Waals surface area contributed by atoms with E-state index in [1.807, 2.05) is 6.07 Å². The molecule has 1 fully saturated rings. The van der Waals surface area contributed by atoms with Crippen molar-refractivity contribution in [3.63, 3.8) is 0 Å². The second-order valence-electron chi connectivity index (χ2n) is 5.86.